The van der Waals surface area contributed by atoms with E-state index in [-0.39, 0.29) is 6.10 Å². The SMILES string of the molecule is CN(C)CCOc1ccc2c(c1)[C@H](O)CCC2. The third kappa shape index (κ3) is 3.20. The summed E-state index contributed by atoms with van der Waals surface area (Å²) in [5, 5.41) is 9.94. The molecule has 0 aromatic heterocycles. The van der Waals surface area contributed by atoms with Gasteiger partial charge in [-0.25, -0.2) is 0 Å². The Morgan fingerprint density at radius 3 is 3.00 bits per heavy atom. The van der Waals surface area contributed by atoms with E-state index in [1.807, 2.05) is 26.2 Å². The molecule has 0 aliphatic heterocycles. The molecule has 0 bridgehead atoms. The summed E-state index contributed by atoms with van der Waals surface area (Å²) in [5.41, 5.74) is 2.32. The maximum absolute atomic E-state index is 9.94. The first kappa shape index (κ1) is 12.4. The van der Waals surface area contributed by atoms with E-state index < -0.39 is 0 Å². The van der Waals surface area contributed by atoms with Crippen LogP contribution in [0.3, 0.4) is 0 Å². The van der Waals surface area contributed by atoms with Crippen LogP contribution in [-0.4, -0.2) is 37.3 Å². The summed E-state index contributed by atoms with van der Waals surface area (Å²) in [6.45, 7) is 1.58. The minimum atomic E-state index is -0.309. The van der Waals surface area contributed by atoms with Crippen LogP contribution in [0.25, 0.3) is 0 Å². The first-order valence-electron chi connectivity index (χ1n) is 6.25. The van der Waals surface area contributed by atoms with Crippen LogP contribution in [0.1, 0.15) is 30.1 Å². The number of hydrogen-bond donors (Lipinski definition) is 1. The second kappa shape index (κ2) is 5.52. The lowest BCUT2D eigenvalue weighted by Crippen LogP contribution is -2.19. The molecule has 0 unspecified atom stereocenters. The Hall–Kier alpha value is -1.06. The van der Waals surface area contributed by atoms with Crippen molar-refractivity contribution in [3.05, 3.63) is 29.3 Å². The van der Waals surface area contributed by atoms with Crippen LogP contribution in [0.4, 0.5) is 0 Å². The lowest BCUT2D eigenvalue weighted by Gasteiger charge is -2.22. The van der Waals surface area contributed by atoms with E-state index in [0.29, 0.717) is 6.61 Å². The third-order valence-electron chi connectivity index (χ3n) is 3.21. The van der Waals surface area contributed by atoms with E-state index in [0.717, 1.165) is 37.1 Å². The summed E-state index contributed by atoms with van der Waals surface area (Å²) in [4.78, 5) is 2.09. The number of rotatable bonds is 4. The number of hydrogen-bond acceptors (Lipinski definition) is 3. The van der Waals surface area contributed by atoms with Crippen molar-refractivity contribution in [2.24, 2.45) is 0 Å². The van der Waals surface area contributed by atoms with Gasteiger partial charge in [-0.05, 0) is 56.6 Å². The highest BCUT2D eigenvalue weighted by Gasteiger charge is 2.18. The predicted molar refractivity (Wildman–Crippen MR) is 68.4 cm³/mol. The number of likely N-dealkylation sites (N-methyl/N-ethyl adjacent to an activating group) is 1. The second-order valence-electron chi connectivity index (χ2n) is 4.92. The molecule has 1 atom stereocenters. The summed E-state index contributed by atoms with van der Waals surface area (Å²) in [7, 11) is 4.06. The van der Waals surface area contributed by atoms with Crippen molar-refractivity contribution in [2.45, 2.75) is 25.4 Å². The maximum atomic E-state index is 9.94. The van der Waals surface area contributed by atoms with Gasteiger partial charge in [0.05, 0.1) is 6.10 Å². The van der Waals surface area contributed by atoms with Crippen molar-refractivity contribution >= 4 is 0 Å². The van der Waals surface area contributed by atoms with Crippen LogP contribution >= 0.6 is 0 Å². The quantitative estimate of drug-likeness (QED) is 0.866. The fourth-order valence-corrected chi connectivity index (χ4v) is 2.19. The van der Waals surface area contributed by atoms with Gasteiger partial charge in [-0.1, -0.05) is 6.07 Å². The number of nitrogens with zero attached hydrogens (tertiary/aromatic N) is 1. The van der Waals surface area contributed by atoms with Crippen LogP contribution in [0.5, 0.6) is 5.75 Å². The van der Waals surface area contributed by atoms with Crippen molar-refractivity contribution in [2.75, 3.05) is 27.2 Å². The van der Waals surface area contributed by atoms with Crippen LogP contribution in [0.2, 0.25) is 0 Å². The number of ether oxygens (including phenoxy) is 1. The van der Waals surface area contributed by atoms with Crippen molar-refractivity contribution < 1.29 is 9.84 Å². The zero-order chi connectivity index (χ0) is 12.3. The molecular formula is C14H21NO2. The van der Waals surface area contributed by atoms with Gasteiger partial charge in [0.15, 0.2) is 0 Å². The molecule has 0 radical (unpaired) electrons. The zero-order valence-electron chi connectivity index (χ0n) is 10.6. The van der Waals surface area contributed by atoms with E-state index in [1.165, 1.54) is 5.56 Å². The number of fused-ring (bicyclic) bond motifs is 1. The molecule has 1 aliphatic carbocycles. The highest BCUT2D eigenvalue weighted by atomic mass is 16.5. The molecular weight excluding hydrogens is 214 g/mol. The number of aryl methyl sites for hydroxylation is 1. The summed E-state index contributed by atoms with van der Waals surface area (Å²) in [5.74, 6) is 0.867. The highest BCUT2D eigenvalue weighted by Crippen LogP contribution is 2.32. The lowest BCUT2D eigenvalue weighted by molar-refractivity contribution is 0.156. The minimum absolute atomic E-state index is 0.309. The fraction of sp³-hybridized carbons (Fsp3) is 0.571. The molecule has 0 heterocycles. The van der Waals surface area contributed by atoms with E-state index >= 15 is 0 Å². The van der Waals surface area contributed by atoms with Crippen molar-refractivity contribution in [1.82, 2.24) is 4.90 Å². The number of benzene rings is 1. The normalized spacial score (nSPS) is 19.2. The third-order valence-corrected chi connectivity index (χ3v) is 3.21. The van der Waals surface area contributed by atoms with Crippen LogP contribution in [-0.2, 0) is 6.42 Å². The van der Waals surface area contributed by atoms with E-state index in [1.54, 1.807) is 0 Å². The molecule has 17 heavy (non-hydrogen) atoms. The van der Waals surface area contributed by atoms with Crippen molar-refractivity contribution in [1.29, 1.82) is 0 Å². The van der Waals surface area contributed by atoms with E-state index in [4.69, 9.17) is 4.74 Å². The Morgan fingerprint density at radius 1 is 1.41 bits per heavy atom. The molecule has 94 valence electrons. The van der Waals surface area contributed by atoms with Crippen LogP contribution in [0.15, 0.2) is 18.2 Å². The molecule has 3 nitrogen and oxygen atoms in total. The van der Waals surface area contributed by atoms with Crippen LogP contribution in [0, 0.1) is 0 Å². The van der Waals surface area contributed by atoms with E-state index in [9.17, 15) is 5.11 Å². The van der Waals surface area contributed by atoms with Gasteiger partial charge in [0, 0.05) is 6.54 Å². The molecule has 1 N–H and O–H groups in total. The molecule has 1 aromatic rings. The first-order chi connectivity index (χ1) is 8.16. The molecule has 0 spiro atoms. The van der Waals surface area contributed by atoms with Gasteiger partial charge in [-0.15, -0.1) is 0 Å². The monoisotopic (exact) mass is 235 g/mol. The first-order valence-corrected chi connectivity index (χ1v) is 6.25. The van der Waals surface area contributed by atoms with Gasteiger partial charge >= 0.3 is 0 Å². The number of aliphatic hydroxyl groups excluding tert-OH is 1. The summed E-state index contributed by atoms with van der Waals surface area (Å²) >= 11 is 0. The predicted octanol–water partition coefficient (Wildman–Crippen LogP) is 2.00. The summed E-state index contributed by atoms with van der Waals surface area (Å²) in [6.07, 6.45) is 2.71. The van der Waals surface area contributed by atoms with Crippen molar-refractivity contribution in [3.8, 4) is 5.75 Å². The van der Waals surface area contributed by atoms with Gasteiger partial charge < -0.3 is 14.7 Å². The molecule has 0 saturated heterocycles. The largest absolute Gasteiger partial charge is 0.492 e. The van der Waals surface area contributed by atoms with Crippen molar-refractivity contribution in [3.63, 3.8) is 0 Å². The number of aliphatic hydroxyl groups is 1. The average Bonchev–Trinajstić information content (AvgIpc) is 2.30. The lowest BCUT2D eigenvalue weighted by atomic mass is 9.89. The average molecular weight is 235 g/mol. The molecule has 3 heteroatoms. The fourth-order valence-electron chi connectivity index (χ4n) is 2.19. The summed E-state index contributed by atoms with van der Waals surface area (Å²) < 4.78 is 5.68. The Bertz CT molecular complexity index is 376. The Kier molecular flexibility index (Phi) is 4.02. The van der Waals surface area contributed by atoms with Gasteiger partial charge in [0.1, 0.15) is 12.4 Å². The smallest absolute Gasteiger partial charge is 0.119 e. The maximum Gasteiger partial charge on any atom is 0.119 e. The molecule has 0 fully saturated rings. The van der Waals surface area contributed by atoms with Gasteiger partial charge in [-0.3, -0.25) is 0 Å². The Labute approximate surface area is 103 Å². The molecule has 0 saturated carbocycles. The standard InChI is InChI=1S/C14H21NO2/c1-15(2)8-9-17-12-7-6-11-4-3-5-14(16)13(11)10-12/h6-7,10,14,16H,3-5,8-9H2,1-2H3/t14-/m1/s1. The van der Waals surface area contributed by atoms with Gasteiger partial charge in [0.25, 0.3) is 0 Å². The Morgan fingerprint density at radius 2 is 2.24 bits per heavy atom. The Balaban J connectivity index is 2.02. The van der Waals surface area contributed by atoms with Gasteiger partial charge in [0.2, 0.25) is 0 Å². The molecule has 0 amide bonds. The zero-order valence-corrected chi connectivity index (χ0v) is 10.6. The second-order valence-corrected chi connectivity index (χ2v) is 4.92. The highest BCUT2D eigenvalue weighted by molar-refractivity contribution is 5.38. The van der Waals surface area contributed by atoms with E-state index in [2.05, 4.69) is 11.0 Å². The summed E-state index contributed by atoms with van der Waals surface area (Å²) in [6, 6.07) is 6.09. The van der Waals surface area contributed by atoms with Crippen LogP contribution < -0.4 is 4.74 Å². The minimum Gasteiger partial charge on any atom is -0.492 e. The molecule has 1 aromatic carbocycles. The molecule has 1 aliphatic rings. The topological polar surface area (TPSA) is 32.7 Å². The van der Waals surface area contributed by atoms with Gasteiger partial charge in [-0.2, -0.15) is 0 Å². The molecule has 2 rings (SSSR count).